The normalized spacial score (nSPS) is 19.8. The largest absolute Gasteiger partial charge is 0.493 e. The van der Waals surface area contributed by atoms with Crippen molar-refractivity contribution in [3.63, 3.8) is 0 Å². The zero-order chi connectivity index (χ0) is 26.9. The first kappa shape index (κ1) is 30.7. The zero-order valence-corrected chi connectivity index (χ0v) is 23.3. The monoisotopic (exact) mass is 521 g/mol. The number of carbonyl (C=O) groups excluding carboxylic acids is 2. The number of amides is 1. The van der Waals surface area contributed by atoms with Gasteiger partial charge in [-0.15, -0.1) is 0 Å². The van der Waals surface area contributed by atoms with Crippen LogP contribution in [0.3, 0.4) is 0 Å². The molecule has 1 aromatic carbocycles. The molecule has 1 unspecified atom stereocenters. The molecule has 3 fully saturated rings. The molecule has 0 bridgehead atoms. The molecule has 8 heteroatoms. The molecule has 1 atom stereocenters. The van der Waals surface area contributed by atoms with Gasteiger partial charge in [0.25, 0.3) is 6.47 Å². The molecule has 0 N–H and O–H groups in total. The van der Waals surface area contributed by atoms with Crippen molar-refractivity contribution in [2.24, 2.45) is 0 Å². The van der Waals surface area contributed by atoms with Gasteiger partial charge in [0, 0.05) is 25.4 Å². The average molecular weight is 522 g/mol. The summed E-state index contributed by atoms with van der Waals surface area (Å²) in [4.78, 5) is 24.3. The van der Waals surface area contributed by atoms with Crippen LogP contribution in [-0.2, 0) is 25.5 Å². The first-order valence-corrected chi connectivity index (χ1v) is 13.8. The molecule has 0 radical (unpaired) electrons. The van der Waals surface area contributed by atoms with Gasteiger partial charge in [-0.2, -0.15) is 0 Å². The highest BCUT2D eigenvalue weighted by atomic mass is 16.5. The van der Waals surface area contributed by atoms with E-state index in [0.29, 0.717) is 36.2 Å². The van der Waals surface area contributed by atoms with Crippen LogP contribution in [0.15, 0.2) is 12.1 Å². The Hall–Kier alpha value is -2.48. The standard InChI is InChI=1S/C17H25NO4.C6H10O3.C6H12/c1-12-7-5-6-8-18(12)16(19)11-13-9-14(20-2)17(22-4)15(10-13)21-3;7-5-9-6-1-3-8-4-2-6;1-2-4-6-5-3-1/h9-10,12H,5-8,11H2,1-4H3;5-6H,1-4H2;1-6H2. The number of benzene rings is 1. The van der Waals surface area contributed by atoms with Crippen molar-refractivity contribution >= 4 is 12.4 Å². The average Bonchev–Trinajstić information content (AvgIpc) is 2.95. The lowest BCUT2D eigenvalue weighted by molar-refractivity contribution is -0.137. The van der Waals surface area contributed by atoms with Crippen molar-refractivity contribution in [1.82, 2.24) is 4.90 Å². The van der Waals surface area contributed by atoms with Gasteiger partial charge >= 0.3 is 0 Å². The summed E-state index contributed by atoms with van der Waals surface area (Å²) in [6, 6.07) is 4.00. The maximum Gasteiger partial charge on any atom is 0.293 e. The minimum atomic E-state index is 0.108. The number of hydrogen-bond acceptors (Lipinski definition) is 7. The van der Waals surface area contributed by atoms with E-state index in [2.05, 4.69) is 6.92 Å². The van der Waals surface area contributed by atoms with Crippen LogP contribution in [0.2, 0.25) is 0 Å². The summed E-state index contributed by atoms with van der Waals surface area (Å²) >= 11 is 0. The molecular formula is C29H47NO7. The fourth-order valence-electron chi connectivity index (χ4n) is 4.93. The van der Waals surface area contributed by atoms with Gasteiger partial charge in [0.1, 0.15) is 6.10 Å². The Kier molecular flexibility index (Phi) is 14.9. The number of hydrogen-bond donors (Lipinski definition) is 0. The fraction of sp³-hybridized carbons (Fsp3) is 0.724. The Balaban J connectivity index is 0.000000259. The molecule has 2 saturated heterocycles. The third kappa shape index (κ3) is 10.8. The number of ether oxygens (including phenoxy) is 5. The lowest BCUT2D eigenvalue weighted by atomic mass is 10.0. The van der Waals surface area contributed by atoms with E-state index in [1.807, 2.05) is 17.0 Å². The SMILES string of the molecule is C1CCCCC1.COc1cc(CC(=O)N2CCCCC2C)cc(OC)c1OC.O=COC1CCOCC1. The maximum absolute atomic E-state index is 12.5. The quantitative estimate of drug-likeness (QED) is 0.448. The summed E-state index contributed by atoms with van der Waals surface area (Å²) in [5.74, 6) is 1.86. The van der Waals surface area contributed by atoms with Crippen LogP contribution in [0, 0.1) is 0 Å². The Morgan fingerprint density at radius 3 is 1.92 bits per heavy atom. The Labute approximate surface area is 222 Å². The Bertz CT molecular complexity index is 754. The summed E-state index contributed by atoms with van der Waals surface area (Å²) in [7, 11) is 4.73. The predicted octanol–water partition coefficient (Wildman–Crippen LogP) is 5.33. The minimum absolute atomic E-state index is 0.108. The highest BCUT2D eigenvalue weighted by Crippen LogP contribution is 2.38. The second-order valence-electron chi connectivity index (χ2n) is 9.81. The van der Waals surface area contributed by atoms with E-state index in [9.17, 15) is 9.59 Å². The first-order chi connectivity index (χ1) is 18.0. The van der Waals surface area contributed by atoms with Gasteiger partial charge in [0.05, 0.1) is 41.0 Å². The van der Waals surface area contributed by atoms with Crippen molar-refractivity contribution in [3.8, 4) is 17.2 Å². The van der Waals surface area contributed by atoms with Crippen LogP contribution in [0.25, 0.3) is 0 Å². The minimum Gasteiger partial charge on any atom is -0.493 e. The molecule has 4 rings (SSSR count). The molecule has 8 nitrogen and oxygen atoms in total. The molecule has 2 aliphatic heterocycles. The van der Waals surface area contributed by atoms with E-state index in [0.717, 1.165) is 51.0 Å². The summed E-state index contributed by atoms with van der Waals surface area (Å²) in [6.07, 6.45) is 14.5. The van der Waals surface area contributed by atoms with Crippen LogP contribution in [0.5, 0.6) is 17.2 Å². The molecule has 0 aromatic heterocycles. The highest BCUT2D eigenvalue weighted by molar-refractivity contribution is 5.79. The summed E-state index contributed by atoms with van der Waals surface area (Å²) in [5, 5.41) is 0. The summed E-state index contributed by atoms with van der Waals surface area (Å²) < 4.78 is 25.8. The van der Waals surface area contributed by atoms with Crippen molar-refractivity contribution in [1.29, 1.82) is 0 Å². The number of carbonyl (C=O) groups is 2. The van der Waals surface area contributed by atoms with E-state index in [1.165, 1.54) is 44.9 Å². The zero-order valence-electron chi connectivity index (χ0n) is 23.3. The second-order valence-corrected chi connectivity index (χ2v) is 9.81. The lowest BCUT2D eigenvalue weighted by Gasteiger charge is -2.33. The fourth-order valence-corrected chi connectivity index (χ4v) is 4.93. The maximum atomic E-state index is 12.5. The first-order valence-electron chi connectivity index (χ1n) is 13.8. The van der Waals surface area contributed by atoms with Crippen LogP contribution >= 0.6 is 0 Å². The topological polar surface area (TPSA) is 83.5 Å². The molecule has 1 amide bonds. The smallest absolute Gasteiger partial charge is 0.293 e. The van der Waals surface area contributed by atoms with Crippen molar-refractivity contribution in [3.05, 3.63) is 17.7 Å². The highest BCUT2D eigenvalue weighted by Gasteiger charge is 2.24. The van der Waals surface area contributed by atoms with Gasteiger partial charge < -0.3 is 28.6 Å². The van der Waals surface area contributed by atoms with Crippen LogP contribution in [0.1, 0.15) is 83.1 Å². The van der Waals surface area contributed by atoms with E-state index >= 15 is 0 Å². The number of nitrogens with zero attached hydrogens (tertiary/aromatic N) is 1. The van der Waals surface area contributed by atoms with E-state index < -0.39 is 0 Å². The molecule has 37 heavy (non-hydrogen) atoms. The number of likely N-dealkylation sites (tertiary alicyclic amines) is 1. The molecule has 2 heterocycles. The number of methoxy groups -OCH3 is 3. The molecule has 1 saturated carbocycles. The number of piperidine rings is 1. The van der Waals surface area contributed by atoms with Gasteiger partial charge in [-0.3, -0.25) is 9.59 Å². The van der Waals surface area contributed by atoms with Crippen LogP contribution in [0.4, 0.5) is 0 Å². The third-order valence-corrected chi connectivity index (χ3v) is 7.12. The lowest BCUT2D eigenvalue weighted by Crippen LogP contribution is -2.42. The van der Waals surface area contributed by atoms with Crippen molar-refractivity contribution in [2.75, 3.05) is 41.1 Å². The van der Waals surface area contributed by atoms with E-state index in [4.69, 9.17) is 23.7 Å². The number of rotatable bonds is 7. The summed E-state index contributed by atoms with van der Waals surface area (Å²) in [6.45, 7) is 4.92. The predicted molar refractivity (Wildman–Crippen MR) is 144 cm³/mol. The van der Waals surface area contributed by atoms with E-state index in [1.54, 1.807) is 21.3 Å². The van der Waals surface area contributed by atoms with Crippen molar-refractivity contribution in [2.45, 2.75) is 96.1 Å². The Morgan fingerprint density at radius 1 is 0.892 bits per heavy atom. The summed E-state index contributed by atoms with van der Waals surface area (Å²) in [5.41, 5.74) is 0.872. The molecule has 210 valence electrons. The van der Waals surface area contributed by atoms with Gasteiger partial charge in [0.15, 0.2) is 11.5 Å². The van der Waals surface area contributed by atoms with Gasteiger partial charge in [0.2, 0.25) is 11.7 Å². The van der Waals surface area contributed by atoms with Gasteiger partial charge in [-0.1, -0.05) is 38.5 Å². The van der Waals surface area contributed by atoms with Crippen LogP contribution < -0.4 is 14.2 Å². The molecule has 1 aliphatic carbocycles. The third-order valence-electron chi connectivity index (χ3n) is 7.12. The van der Waals surface area contributed by atoms with Gasteiger partial charge in [-0.05, 0) is 43.9 Å². The molecular weight excluding hydrogens is 474 g/mol. The molecule has 0 spiro atoms. The Morgan fingerprint density at radius 2 is 1.46 bits per heavy atom. The molecule has 1 aromatic rings. The second kappa shape index (κ2) is 17.9. The molecule has 3 aliphatic rings. The van der Waals surface area contributed by atoms with Crippen LogP contribution in [-0.4, -0.2) is 70.5 Å². The van der Waals surface area contributed by atoms with E-state index in [-0.39, 0.29) is 12.0 Å². The van der Waals surface area contributed by atoms with Gasteiger partial charge in [-0.25, -0.2) is 0 Å². The van der Waals surface area contributed by atoms with Crippen molar-refractivity contribution < 1.29 is 33.3 Å².